The highest BCUT2D eigenvalue weighted by molar-refractivity contribution is 7.92. The van der Waals surface area contributed by atoms with Crippen molar-refractivity contribution in [3.8, 4) is 11.5 Å². The molecule has 4 rings (SSSR count). The molecular weight excluding hydrogens is 480 g/mol. The molecule has 1 amide bonds. The first-order valence-corrected chi connectivity index (χ1v) is 12.9. The molecular formula is C27H28N2O6S. The van der Waals surface area contributed by atoms with Gasteiger partial charge in [-0.25, -0.2) is 8.42 Å². The first-order chi connectivity index (χ1) is 17.4. The van der Waals surface area contributed by atoms with Crippen LogP contribution in [-0.2, 0) is 26.1 Å². The molecule has 1 fully saturated rings. The number of anilines is 1. The Morgan fingerprint density at radius 2 is 1.64 bits per heavy atom. The minimum absolute atomic E-state index is 0.0688. The Balaban J connectivity index is 1.60. The molecule has 3 aromatic rings. The summed E-state index contributed by atoms with van der Waals surface area (Å²) in [5, 5.41) is 9.62. The van der Waals surface area contributed by atoms with Crippen molar-refractivity contribution in [3.63, 3.8) is 0 Å². The Labute approximate surface area is 211 Å². The third-order valence-corrected chi connectivity index (χ3v) is 7.62. The molecule has 0 radical (unpaired) electrons. The number of carbonyl (C=O) groups is 1. The third-order valence-electron chi connectivity index (χ3n) is 5.83. The number of morpholine rings is 1. The van der Waals surface area contributed by atoms with Crippen LogP contribution in [0.25, 0.3) is 6.08 Å². The number of hydrogen-bond donors (Lipinski definition) is 1. The van der Waals surface area contributed by atoms with Crippen LogP contribution in [-0.4, -0.2) is 57.7 Å². The molecule has 0 unspecified atom stereocenters. The minimum Gasteiger partial charge on any atom is -0.508 e. The molecule has 188 valence electrons. The number of phenols is 1. The summed E-state index contributed by atoms with van der Waals surface area (Å²) in [5.74, 6) is 0.575. The molecule has 1 aliphatic heterocycles. The van der Waals surface area contributed by atoms with Crippen LogP contribution >= 0.6 is 0 Å². The van der Waals surface area contributed by atoms with E-state index in [-0.39, 0.29) is 23.1 Å². The predicted octanol–water partition coefficient (Wildman–Crippen LogP) is 3.67. The highest BCUT2D eigenvalue weighted by Crippen LogP contribution is 2.28. The Bertz CT molecular complexity index is 1300. The topological polar surface area (TPSA) is 96.4 Å². The summed E-state index contributed by atoms with van der Waals surface area (Å²) in [6, 6.07) is 19.6. The van der Waals surface area contributed by atoms with Gasteiger partial charge in [-0.15, -0.1) is 0 Å². The summed E-state index contributed by atoms with van der Waals surface area (Å²) in [6.07, 6.45) is 3.23. The average molecular weight is 509 g/mol. The van der Waals surface area contributed by atoms with Gasteiger partial charge < -0.3 is 19.5 Å². The van der Waals surface area contributed by atoms with Crippen molar-refractivity contribution in [1.29, 1.82) is 0 Å². The lowest BCUT2D eigenvalue weighted by molar-refractivity contribution is -0.129. The van der Waals surface area contributed by atoms with Gasteiger partial charge in [0.05, 0.1) is 37.5 Å². The van der Waals surface area contributed by atoms with E-state index in [0.717, 1.165) is 5.56 Å². The second-order valence-electron chi connectivity index (χ2n) is 8.22. The number of nitrogens with zero attached hydrogens (tertiary/aromatic N) is 2. The number of benzene rings is 3. The van der Waals surface area contributed by atoms with E-state index >= 15 is 0 Å². The van der Waals surface area contributed by atoms with Crippen molar-refractivity contribution in [1.82, 2.24) is 4.90 Å². The van der Waals surface area contributed by atoms with Crippen LogP contribution in [0.1, 0.15) is 11.1 Å². The van der Waals surface area contributed by atoms with Gasteiger partial charge in [0.2, 0.25) is 5.91 Å². The summed E-state index contributed by atoms with van der Waals surface area (Å²) in [5.41, 5.74) is 1.95. The van der Waals surface area contributed by atoms with E-state index in [2.05, 4.69) is 0 Å². The fourth-order valence-corrected chi connectivity index (χ4v) is 5.22. The standard InChI is InChI=1S/C27H28N2O6S/c1-34-25-11-13-26(14-12-25)36(32,33)29(20-22-4-9-24(30)10-5-22)23-7-2-21(3-8-23)6-15-27(31)28-16-18-35-19-17-28/h2-15,30H,16-20H2,1H3/b15-6+. The Morgan fingerprint density at radius 3 is 2.25 bits per heavy atom. The quantitative estimate of drug-likeness (QED) is 0.467. The Morgan fingerprint density at radius 1 is 1.00 bits per heavy atom. The zero-order chi connectivity index (χ0) is 25.5. The lowest BCUT2D eigenvalue weighted by Crippen LogP contribution is -2.39. The van der Waals surface area contributed by atoms with E-state index in [1.807, 2.05) is 0 Å². The zero-order valence-corrected chi connectivity index (χ0v) is 20.7. The highest BCUT2D eigenvalue weighted by Gasteiger charge is 2.25. The Kier molecular flexibility index (Phi) is 7.92. The summed E-state index contributed by atoms with van der Waals surface area (Å²) >= 11 is 0. The van der Waals surface area contributed by atoms with Crippen molar-refractivity contribution in [2.45, 2.75) is 11.4 Å². The molecule has 1 heterocycles. The van der Waals surface area contributed by atoms with Crippen LogP contribution in [0.3, 0.4) is 0 Å². The number of aromatic hydroxyl groups is 1. The molecule has 0 atom stereocenters. The predicted molar refractivity (Wildman–Crippen MR) is 137 cm³/mol. The van der Waals surface area contributed by atoms with Crippen molar-refractivity contribution in [3.05, 3.63) is 90.0 Å². The second kappa shape index (κ2) is 11.3. The lowest BCUT2D eigenvalue weighted by atomic mass is 10.1. The van der Waals surface area contributed by atoms with Gasteiger partial charge in [-0.05, 0) is 65.7 Å². The second-order valence-corrected chi connectivity index (χ2v) is 10.1. The monoisotopic (exact) mass is 508 g/mol. The van der Waals surface area contributed by atoms with Gasteiger partial charge in [0.15, 0.2) is 0 Å². The maximum atomic E-state index is 13.6. The molecule has 0 saturated carbocycles. The van der Waals surface area contributed by atoms with Gasteiger partial charge in [0.1, 0.15) is 11.5 Å². The number of carbonyl (C=O) groups excluding carboxylic acids is 1. The van der Waals surface area contributed by atoms with Crippen LogP contribution in [0, 0.1) is 0 Å². The highest BCUT2D eigenvalue weighted by atomic mass is 32.2. The first kappa shape index (κ1) is 25.3. The Hall–Kier alpha value is -3.82. The van der Waals surface area contributed by atoms with Gasteiger partial charge in [-0.2, -0.15) is 0 Å². The van der Waals surface area contributed by atoms with E-state index < -0.39 is 10.0 Å². The van der Waals surface area contributed by atoms with E-state index in [0.29, 0.717) is 43.3 Å². The number of ether oxygens (including phenoxy) is 2. The molecule has 0 aliphatic carbocycles. The number of methoxy groups -OCH3 is 1. The number of phenolic OH excluding ortho intramolecular Hbond substituents is 1. The molecule has 1 aliphatic rings. The van der Waals surface area contributed by atoms with E-state index in [9.17, 15) is 18.3 Å². The van der Waals surface area contributed by atoms with E-state index in [1.165, 1.54) is 41.8 Å². The summed E-state index contributed by atoms with van der Waals surface area (Å²) in [7, 11) is -2.40. The smallest absolute Gasteiger partial charge is 0.264 e. The first-order valence-electron chi connectivity index (χ1n) is 11.5. The van der Waals surface area contributed by atoms with Crippen molar-refractivity contribution < 1.29 is 27.8 Å². The SMILES string of the molecule is COc1ccc(S(=O)(=O)N(Cc2ccc(O)cc2)c2ccc(/C=C/C(=O)N3CCOCC3)cc2)cc1. The summed E-state index contributed by atoms with van der Waals surface area (Å²) in [6.45, 7) is 2.27. The molecule has 9 heteroatoms. The largest absolute Gasteiger partial charge is 0.508 e. The van der Waals surface area contributed by atoms with Crippen LogP contribution in [0.2, 0.25) is 0 Å². The normalized spacial score (nSPS) is 14.1. The number of rotatable bonds is 8. The van der Waals surface area contributed by atoms with Crippen molar-refractivity contribution in [2.75, 3.05) is 37.7 Å². The van der Waals surface area contributed by atoms with Crippen LogP contribution in [0.5, 0.6) is 11.5 Å². The number of sulfonamides is 1. The molecule has 0 aromatic heterocycles. The number of hydrogen-bond acceptors (Lipinski definition) is 6. The maximum Gasteiger partial charge on any atom is 0.264 e. The number of amides is 1. The van der Waals surface area contributed by atoms with Crippen LogP contribution in [0.15, 0.2) is 83.8 Å². The fourth-order valence-electron chi connectivity index (χ4n) is 3.77. The summed E-state index contributed by atoms with van der Waals surface area (Å²) < 4.78 is 39.0. The van der Waals surface area contributed by atoms with Gasteiger partial charge in [-0.3, -0.25) is 9.10 Å². The van der Waals surface area contributed by atoms with E-state index in [1.54, 1.807) is 59.5 Å². The lowest BCUT2D eigenvalue weighted by Gasteiger charge is -2.25. The third kappa shape index (κ3) is 6.05. The van der Waals surface area contributed by atoms with Crippen molar-refractivity contribution in [2.24, 2.45) is 0 Å². The molecule has 8 nitrogen and oxygen atoms in total. The van der Waals surface area contributed by atoms with Crippen LogP contribution < -0.4 is 9.04 Å². The average Bonchev–Trinajstić information content (AvgIpc) is 2.92. The molecule has 36 heavy (non-hydrogen) atoms. The minimum atomic E-state index is -3.92. The molecule has 0 spiro atoms. The fraction of sp³-hybridized carbons (Fsp3) is 0.222. The molecule has 1 saturated heterocycles. The van der Waals surface area contributed by atoms with Gasteiger partial charge in [0.25, 0.3) is 10.0 Å². The van der Waals surface area contributed by atoms with Crippen molar-refractivity contribution >= 4 is 27.7 Å². The molecule has 0 bridgehead atoms. The molecule has 1 N–H and O–H groups in total. The zero-order valence-electron chi connectivity index (χ0n) is 19.9. The maximum absolute atomic E-state index is 13.6. The van der Waals surface area contributed by atoms with Crippen LogP contribution in [0.4, 0.5) is 5.69 Å². The van der Waals surface area contributed by atoms with Gasteiger partial charge in [-0.1, -0.05) is 24.3 Å². The summed E-state index contributed by atoms with van der Waals surface area (Å²) in [4.78, 5) is 14.2. The van der Waals surface area contributed by atoms with E-state index in [4.69, 9.17) is 9.47 Å². The van der Waals surface area contributed by atoms with Gasteiger partial charge in [0, 0.05) is 19.2 Å². The molecule has 3 aromatic carbocycles. The van der Waals surface area contributed by atoms with Gasteiger partial charge >= 0.3 is 0 Å².